The number of nitrogens with zero attached hydrogens (tertiary/aromatic N) is 13. The van der Waals surface area contributed by atoms with E-state index in [1.807, 2.05) is 12.1 Å². The average Bonchev–Trinajstić information content (AvgIpc) is 1.06. The van der Waals surface area contributed by atoms with Crippen molar-refractivity contribution in [1.82, 2.24) is 64.5 Å². The maximum Gasteiger partial charge on any atom is 0.142 e. The number of fused-ring (bicyclic) bond motifs is 12. The Hall–Kier alpha value is -2.72. The van der Waals surface area contributed by atoms with Crippen LogP contribution in [0.1, 0.15) is 435 Å². The summed E-state index contributed by atoms with van der Waals surface area (Å²) in [6, 6.07) is 31.1. The number of hydrogen-bond donors (Lipinski definition) is 2. The van der Waals surface area contributed by atoms with Gasteiger partial charge in [0.25, 0.3) is 0 Å². The van der Waals surface area contributed by atoms with Crippen molar-refractivity contribution < 1.29 is 9.47 Å². The summed E-state index contributed by atoms with van der Waals surface area (Å²) in [7, 11) is 0. The fraction of sp³-hybridized carbons (Fsp3) is 0.908. The summed E-state index contributed by atoms with van der Waals surface area (Å²) in [5.41, 5.74) is 4.93. The summed E-state index contributed by atoms with van der Waals surface area (Å²) in [5, 5.41) is 7.07. The van der Waals surface area contributed by atoms with Crippen LogP contribution in [-0.4, -0.2) is 332 Å². The Labute approximate surface area is 916 Å². The molecular formula is C131H243N15O2. The van der Waals surface area contributed by atoms with Crippen molar-refractivity contribution in [3.8, 4) is 5.75 Å². The minimum atomic E-state index is 0.546. The summed E-state index contributed by atoms with van der Waals surface area (Å²) in [6.07, 6.45) is 61.5. The lowest BCUT2D eigenvalue weighted by Gasteiger charge is -2.46. The molecular weight excluding hydrogens is 1820 g/mol. The Balaban J connectivity index is 0.000000143. The first-order valence-electron chi connectivity index (χ1n) is 64.9. The molecule has 21 aliphatic rings. The molecule has 6 aliphatic carbocycles. The SMILES string of the molecule is CC(C)C1CC2CCC(C1)N2.CC(C)N1CC2CCCC1C2.CC(C)N1CC2CCCCC2C1.CC(C)N1CCC2CCCCC2C1.CC(C)N1CCCC2(CCCCC2)C1.CC(C)N1CCCC2CCCCC21.CC(C)N1CCCNCC1.CC(C)N1CCCc2ccccc21.CC(C)N1CCN2CCCC2C1.CC(C)N1CCN2CCCCC2C1.CC(C)N1CCOC2CCCCC21.CC(C)N1CCOc2ccccc21. The van der Waals surface area contributed by atoms with E-state index in [9.17, 15) is 0 Å². The Morgan fingerprint density at radius 3 is 1.41 bits per heavy atom. The fourth-order valence-electron chi connectivity index (χ4n) is 31.2. The first-order valence-corrected chi connectivity index (χ1v) is 64.9. The number of aryl methyl sites for hydroxylation is 1. The van der Waals surface area contributed by atoms with Gasteiger partial charge in [0.05, 0.1) is 24.9 Å². The number of morpholine rings is 1. The molecule has 6 saturated carbocycles. The van der Waals surface area contributed by atoms with Gasteiger partial charge in [0.2, 0.25) is 0 Å². The van der Waals surface area contributed by atoms with Gasteiger partial charge in [-0.1, -0.05) is 134 Å². The standard InChI is InChI=1S/C13H25N.C12H23N.C12H17N.C12H23N.C11H22N2.C11H21NO.C11H15NO.C11H21N.C10H20N2.2C10H19N.C8H18N2/c1-12(2)14-10-6-9-13(11-14)7-4-3-5-8-13;2*1-10(2)13-9-5-7-11-6-3-4-8-12(11)13;1-10(2)13-8-7-11-5-3-4-6-12(11)9-13;1-10(2)13-8-7-12-6-4-3-5-11(12)9-13;2*1-9(2)12-7-8-13-11-6-4-3-5-10(11)12;1-9(2)12-7-10-5-3-4-6-11(10)8-12;1-9(2)12-7-6-11-5-3-4-10(11)8-12;1-7(2)8-5-9-3-4-10(6-8)11-9;1-8(2)11-7-9-4-3-5-10(11)6-9;1-8(2)10-6-3-4-9-5-7-10/h12H,3-11H2,1-2H3;10-12H,3-9H2,1-2H3;3-4,6,8,10H,5,7,9H2,1-2H3;10-12H,3-9H2,1-2H3;10-11H,3-9H2,1-2H3;9-11H,3-8H2,1-2H3;3-6,9H,7-8H2,1-2H3;9-11H,3-8H2,1-2H3;9-10H,3-8H2,1-2H3;7-11H,3-6H2,1-2H3;8-10H,3-7H2,1-2H3;8-9H,3-7H2,1-2H3. The normalized spacial score (nSPS) is 31.1. The van der Waals surface area contributed by atoms with Crippen molar-refractivity contribution >= 4 is 11.4 Å². The van der Waals surface area contributed by atoms with E-state index < -0.39 is 0 Å². The van der Waals surface area contributed by atoms with Crippen LogP contribution >= 0.6 is 0 Å². The summed E-state index contributed by atoms with van der Waals surface area (Å²) >= 11 is 0. The molecule has 13 saturated heterocycles. The molecule has 2 N–H and O–H groups in total. The molecule has 0 aromatic heterocycles. The lowest BCUT2D eigenvalue weighted by Crippen LogP contribution is -2.56. The summed E-state index contributed by atoms with van der Waals surface area (Å²) in [6.45, 7) is 87.0. The molecule has 854 valence electrons. The zero-order chi connectivity index (χ0) is 106. The van der Waals surface area contributed by atoms with Crippen LogP contribution in [0, 0.1) is 52.8 Å². The molecule has 0 amide bonds. The molecule has 2 aromatic carbocycles. The second-order valence-electron chi connectivity index (χ2n) is 54.6. The maximum atomic E-state index is 5.82. The highest BCUT2D eigenvalue weighted by Gasteiger charge is 2.43. The number of piperidine rings is 5. The van der Waals surface area contributed by atoms with E-state index >= 15 is 0 Å². The number of para-hydroxylation sites is 3. The lowest BCUT2D eigenvalue weighted by molar-refractivity contribution is -0.0979. The molecule has 14 atom stereocenters. The van der Waals surface area contributed by atoms with Crippen molar-refractivity contribution in [1.29, 1.82) is 0 Å². The zero-order valence-corrected chi connectivity index (χ0v) is 102. The summed E-state index contributed by atoms with van der Waals surface area (Å²) in [5.74, 6) is 9.27. The predicted molar refractivity (Wildman–Crippen MR) is 639 cm³/mol. The lowest BCUT2D eigenvalue weighted by atomic mass is 9.69. The largest absolute Gasteiger partial charge is 0.490 e. The molecule has 23 rings (SSSR count). The quantitative estimate of drug-likeness (QED) is 0.211. The van der Waals surface area contributed by atoms with Crippen molar-refractivity contribution in [2.24, 2.45) is 52.8 Å². The molecule has 1 spiro atoms. The van der Waals surface area contributed by atoms with Gasteiger partial charge >= 0.3 is 0 Å². The van der Waals surface area contributed by atoms with Gasteiger partial charge in [-0.05, 0) is 454 Å². The van der Waals surface area contributed by atoms with Gasteiger partial charge in [-0.25, -0.2) is 0 Å². The zero-order valence-electron chi connectivity index (χ0n) is 102. The van der Waals surface area contributed by atoms with Gasteiger partial charge in [-0.2, -0.15) is 0 Å². The monoisotopic (exact) mass is 2060 g/mol. The molecule has 0 radical (unpaired) electrons. The molecule has 148 heavy (non-hydrogen) atoms. The third-order valence-corrected chi connectivity index (χ3v) is 40.5. The van der Waals surface area contributed by atoms with Crippen molar-refractivity contribution in [3.05, 3.63) is 54.1 Å². The van der Waals surface area contributed by atoms with Crippen molar-refractivity contribution in [3.63, 3.8) is 0 Å². The number of nitrogens with one attached hydrogen (secondary N) is 2. The number of piperazine rings is 2. The summed E-state index contributed by atoms with van der Waals surface area (Å²) in [4.78, 5) is 34.2. The molecule has 17 nitrogen and oxygen atoms in total. The van der Waals surface area contributed by atoms with E-state index in [1.54, 1.807) is 0 Å². The number of hydrogen-bond acceptors (Lipinski definition) is 17. The average molecular weight is 2060 g/mol. The van der Waals surface area contributed by atoms with Gasteiger partial charge < -0.3 is 44.6 Å². The van der Waals surface area contributed by atoms with Crippen LogP contribution in [0.5, 0.6) is 5.75 Å². The topological polar surface area (TPSA) is 84.6 Å². The number of benzene rings is 2. The molecule has 14 unspecified atom stereocenters. The Bertz CT molecular complexity index is 3630. The van der Waals surface area contributed by atoms with Gasteiger partial charge in [0.1, 0.15) is 12.4 Å². The van der Waals surface area contributed by atoms with Gasteiger partial charge in [0.15, 0.2) is 0 Å². The van der Waals surface area contributed by atoms with Crippen LogP contribution in [0.3, 0.4) is 0 Å². The predicted octanol–water partition coefficient (Wildman–Crippen LogP) is 27.0. The minimum absolute atomic E-state index is 0.546. The third kappa shape index (κ3) is 38.8. The van der Waals surface area contributed by atoms with Crippen LogP contribution in [0.25, 0.3) is 0 Å². The number of likely N-dealkylation sites (tertiary alicyclic amines) is 5. The number of ether oxygens (including phenoxy) is 2. The van der Waals surface area contributed by atoms with Gasteiger partial charge in [0, 0.05) is 213 Å². The van der Waals surface area contributed by atoms with E-state index in [-0.39, 0.29) is 0 Å². The minimum Gasteiger partial charge on any atom is -0.490 e. The third-order valence-electron chi connectivity index (χ3n) is 40.5. The maximum absolute atomic E-state index is 5.82. The molecule has 17 heteroatoms. The van der Waals surface area contributed by atoms with Crippen molar-refractivity contribution in [2.75, 3.05) is 174 Å². The molecule has 4 bridgehead atoms. The number of rotatable bonds is 12. The first kappa shape index (κ1) is 124. The highest BCUT2D eigenvalue weighted by atomic mass is 16.5. The molecule has 15 heterocycles. The second kappa shape index (κ2) is 64.5. The first-order chi connectivity index (χ1) is 71.3. The van der Waals surface area contributed by atoms with E-state index in [0.717, 1.165) is 182 Å². The van der Waals surface area contributed by atoms with Crippen LogP contribution in [0.4, 0.5) is 11.4 Å². The second-order valence-corrected chi connectivity index (χ2v) is 54.6. The van der Waals surface area contributed by atoms with Gasteiger partial charge in [-0.15, -0.1) is 0 Å². The van der Waals surface area contributed by atoms with E-state index in [1.165, 1.54) is 418 Å². The summed E-state index contributed by atoms with van der Waals surface area (Å²) < 4.78 is 11.4. The van der Waals surface area contributed by atoms with Crippen LogP contribution < -0.4 is 25.2 Å². The Morgan fingerprint density at radius 1 is 0.297 bits per heavy atom. The van der Waals surface area contributed by atoms with Crippen molar-refractivity contribution in [2.45, 2.75) is 551 Å². The Morgan fingerprint density at radius 2 is 0.797 bits per heavy atom. The van der Waals surface area contributed by atoms with Gasteiger partial charge in [-0.3, -0.25) is 39.2 Å². The fourth-order valence-corrected chi connectivity index (χ4v) is 31.2. The van der Waals surface area contributed by atoms with Crippen LogP contribution in [0.2, 0.25) is 0 Å². The van der Waals surface area contributed by atoms with Crippen LogP contribution in [-0.2, 0) is 11.2 Å². The van der Waals surface area contributed by atoms with E-state index in [4.69, 9.17) is 9.47 Å². The van der Waals surface area contributed by atoms with E-state index in [2.05, 4.69) is 277 Å². The highest BCUT2D eigenvalue weighted by Crippen LogP contribution is 2.46. The smallest absolute Gasteiger partial charge is 0.142 e. The highest BCUT2D eigenvalue weighted by molar-refractivity contribution is 5.60. The number of anilines is 2. The van der Waals surface area contributed by atoms with Crippen LogP contribution in [0.15, 0.2) is 48.5 Å². The molecule has 15 aliphatic heterocycles. The van der Waals surface area contributed by atoms with E-state index in [0.29, 0.717) is 24.2 Å². The molecule has 19 fully saturated rings. The molecule has 2 aromatic rings. The Kier molecular flexibility index (Phi) is 54.0.